The minimum absolute atomic E-state index is 0.102. The van der Waals surface area contributed by atoms with Crippen molar-refractivity contribution < 1.29 is 14.3 Å². The van der Waals surface area contributed by atoms with Crippen molar-refractivity contribution in [1.29, 1.82) is 0 Å². The van der Waals surface area contributed by atoms with Gasteiger partial charge in [0.15, 0.2) is 0 Å². The van der Waals surface area contributed by atoms with Gasteiger partial charge >= 0.3 is 0 Å². The molecule has 3 heterocycles. The second-order valence-electron chi connectivity index (χ2n) is 9.31. The van der Waals surface area contributed by atoms with E-state index in [9.17, 15) is 9.59 Å². The van der Waals surface area contributed by atoms with Crippen LogP contribution in [-0.4, -0.2) is 36.4 Å². The molecule has 1 aromatic rings. The number of thiophene rings is 1. The molecule has 0 radical (unpaired) electrons. The van der Waals surface area contributed by atoms with Crippen LogP contribution in [0.4, 0.5) is 5.00 Å². The molecular weight excluding hydrogens is 360 g/mol. The van der Waals surface area contributed by atoms with E-state index in [1.54, 1.807) is 11.3 Å². The van der Waals surface area contributed by atoms with E-state index < -0.39 is 0 Å². The maximum atomic E-state index is 13.5. The highest BCUT2D eigenvalue weighted by Gasteiger charge is 2.61. The second kappa shape index (κ2) is 5.80. The molecule has 2 unspecified atom stereocenters. The Kier molecular flexibility index (Phi) is 3.55. The third-order valence-corrected chi connectivity index (χ3v) is 8.97. The van der Waals surface area contributed by atoms with Crippen molar-refractivity contribution in [3.63, 3.8) is 0 Å². The van der Waals surface area contributed by atoms with Crippen molar-refractivity contribution in [2.24, 2.45) is 23.2 Å². The Bertz CT molecular complexity index is 814. The predicted octanol–water partition coefficient (Wildman–Crippen LogP) is 3.43. The summed E-state index contributed by atoms with van der Waals surface area (Å²) in [6, 6.07) is 0. The zero-order valence-corrected chi connectivity index (χ0v) is 16.4. The highest BCUT2D eigenvalue weighted by atomic mass is 32.1. The van der Waals surface area contributed by atoms with E-state index in [-0.39, 0.29) is 17.2 Å². The third kappa shape index (κ3) is 2.32. The molecule has 2 atom stereocenters. The topological polar surface area (TPSA) is 58.6 Å². The van der Waals surface area contributed by atoms with Gasteiger partial charge in [0.25, 0.3) is 5.91 Å². The number of carbonyl (C=O) groups is 2. The number of fused-ring (bicyclic) bond motifs is 1. The summed E-state index contributed by atoms with van der Waals surface area (Å²) in [6.45, 7) is 2.90. The van der Waals surface area contributed by atoms with E-state index in [0.29, 0.717) is 19.1 Å². The number of hydrogen-bond donors (Lipinski definition) is 1. The molecule has 0 aromatic carbocycles. The van der Waals surface area contributed by atoms with Gasteiger partial charge in [0.1, 0.15) is 5.00 Å². The van der Waals surface area contributed by atoms with Crippen molar-refractivity contribution in [1.82, 2.24) is 4.90 Å². The molecule has 5 fully saturated rings. The molecular formula is C21H26N2O3S. The van der Waals surface area contributed by atoms with Crippen LogP contribution < -0.4 is 5.32 Å². The molecule has 4 saturated carbocycles. The van der Waals surface area contributed by atoms with Crippen LogP contribution in [0, 0.1) is 23.2 Å². The Morgan fingerprint density at radius 1 is 1.15 bits per heavy atom. The SMILES string of the molecule is O=C(c1c(NC(=O)C23CC4CC(CC2C4)C3)sc2c1CCOC2)N1CCC1. The molecule has 144 valence electrons. The summed E-state index contributed by atoms with van der Waals surface area (Å²) in [5, 5.41) is 4.06. The van der Waals surface area contributed by atoms with E-state index in [4.69, 9.17) is 4.74 Å². The van der Waals surface area contributed by atoms with Gasteiger partial charge < -0.3 is 15.0 Å². The monoisotopic (exact) mass is 386 g/mol. The summed E-state index contributed by atoms with van der Waals surface area (Å²) >= 11 is 1.57. The minimum Gasteiger partial charge on any atom is -0.376 e. The van der Waals surface area contributed by atoms with Crippen molar-refractivity contribution in [3.05, 3.63) is 16.0 Å². The van der Waals surface area contributed by atoms with Crippen LogP contribution in [0.1, 0.15) is 59.3 Å². The Balaban J connectivity index is 1.33. The van der Waals surface area contributed by atoms with Crippen LogP contribution in [0.25, 0.3) is 0 Å². The fourth-order valence-corrected chi connectivity index (χ4v) is 7.79. The Labute approximate surface area is 163 Å². The number of nitrogens with one attached hydrogen (secondary N) is 1. The van der Waals surface area contributed by atoms with Crippen molar-refractivity contribution in [2.45, 2.75) is 51.6 Å². The van der Waals surface area contributed by atoms with Crippen LogP contribution in [0.2, 0.25) is 0 Å². The van der Waals surface area contributed by atoms with E-state index >= 15 is 0 Å². The highest BCUT2D eigenvalue weighted by Crippen LogP contribution is 2.65. The fourth-order valence-electron chi connectivity index (χ4n) is 6.62. The Morgan fingerprint density at radius 3 is 2.63 bits per heavy atom. The maximum Gasteiger partial charge on any atom is 0.257 e. The third-order valence-electron chi connectivity index (χ3n) is 7.85. The highest BCUT2D eigenvalue weighted by molar-refractivity contribution is 7.17. The van der Waals surface area contributed by atoms with Crippen molar-refractivity contribution in [2.75, 3.05) is 25.0 Å². The zero-order valence-electron chi connectivity index (χ0n) is 15.6. The number of ether oxygens (including phenoxy) is 1. The van der Waals surface area contributed by atoms with Gasteiger partial charge in [-0.15, -0.1) is 11.3 Å². The summed E-state index contributed by atoms with van der Waals surface area (Å²) in [4.78, 5) is 29.6. The van der Waals surface area contributed by atoms with E-state index in [0.717, 1.165) is 71.6 Å². The van der Waals surface area contributed by atoms with Gasteiger partial charge in [-0.2, -0.15) is 0 Å². The molecule has 1 N–H and O–H groups in total. The van der Waals surface area contributed by atoms with Gasteiger partial charge in [-0.1, -0.05) is 0 Å². The average Bonchev–Trinajstić information content (AvgIpc) is 3.17. The Hall–Kier alpha value is -1.40. The lowest BCUT2D eigenvalue weighted by Gasteiger charge is -2.33. The summed E-state index contributed by atoms with van der Waals surface area (Å²) in [5.74, 6) is 2.36. The number of nitrogens with zero attached hydrogens (tertiary/aromatic N) is 1. The quantitative estimate of drug-likeness (QED) is 0.866. The first-order valence-corrected chi connectivity index (χ1v) is 11.3. The van der Waals surface area contributed by atoms with E-state index in [1.165, 1.54) is 19.3 Å². The first-order chi connectivity index (χ1) is 13.1. The number of rotatable bonds is 3. The van der Waals surface area contributed by atoms with E-state index in [1.807, 2.05) is 4.90 Å². The van der Waals surface area contributed by atoms with Crippen molar-refractivity contribution in [3.8, 4) is 0 Å². The minimum atomic E-state index is -0.161. The summed E-state index contributed by atoms with van der Waals surface area (Å²) < 4.78 is 5.61. The molecule has 4 bridgehead atoms. The van der Waals surface area contributed by atoms with E-state index in [2.05, 4.69) is 5.32 Å². The molecule has 5 nitrogen and oxygen atoms in total. The molecule has 6 heteroatoms. The molecule has 1 saturated heterocycles. The molecule has 27 heavy (non-hydrogen) atoms. The van der Waals surface area contributed by atoms with Gasteiger partial charge in [0.05, 0.1) is 24.2 Å². The standard InChI is InChI=1S/C21H26N2O3S/c24-19(23-3-1-4-23)17-15-2-5-26-11-16(15)27-18(17)22-20(25)21-9-12-6-13(10-21)8-14(21)7-12/h12-14H,1-11H2,(H,22,25). The lowest BCUT2D eigenvalue weighted by Crippen LogP contribution is -2.43. The molecule has 4 aliphatic carbocycles. The number of carbonyl (C=O) groups excluding carboxylic acids is 2. The fraction of sp³-hybridized carbons (Fsp3) is 0.714. The van der Waals surface area contributed by atoms with Crippen LogP contribution in [0.3, 0.4) is 0 Å². The molecule has 2 amide bonds. The average molecular weight is 387 g/mol. The Morgan fingerprint density at radius 2 is 1.93 bits per heavy atom. The van der Waals surface area contributed by atoms with Crippen LogP contribution in [0.5, 0.6) is 0 Å². The lowest BCUT2D eigenvalue weighted by atomic mass is 9.75. The molecule has 1 aromatic heterocycles. The summed E-state index contributed by atoms with van der Waals surface area (Å²) in [6.07, 6.45) is 7.77. The lowest BCUT2D eigenvalue weighted by molar-refractivity contribution is -0.127. The van der Waals surface area contributed by atoms with Crippen molar-refractivity contribution >= 4 is 28.2 Å². The predicted molar refractivity (Wildman–Crippen MR) is 103 cm³/mol. The molecule has 0 spiro atoms. The largest absolute Gasteiger partial charge is 0.376 e. The molecule has 6 aliphatic rings. The number of likely N-dealkylation sites (tertiary alicyclic amines) is 1. The maximum absolute atomic E-state index is 13.5. The zero-order chi connectivity index (χ0) is 18.2. The van der Waals surface area contributed by atoms with Crippen LogP contribution in [-0.2, 0) is 22.6 Å². The number of amides is 2. The second-order valence-corrected chi connectivity index (χ2v) is 10.4. The van der Waals surface area contributed by atoms with Gasteiger partial charge in [-0.25, -0.2) is 0 Å². The molecule has 7 rings (SSSR count). The normalized spacial score (nSPS) is 35.9. The first kappa shape index (κ1) is 16.5. The van der Waals surface area contributed by atoms with Crippen LogP contribution in [0.15, 0.2) is 0 Å². The first-order valence-electron chi connectivity index (χ1n) is 10.5. The van der Waals surface area contributed by atoms with Gasteiger partial charge in [0, 0.05) is 18.0 Å². The van der Waals surface area contributed by atoms with Gasteiger partial charge in [-0.3, -0.25) is 9.59 Å². The number of hydrogen-bond acceptors (Lipinski definition) is 4. The van der Waals surface area contributed by atoms with Gasteiger partial charge in [-0.05, 0) is 68.3 Å². The van der Waals surface area contributed by atoms with Crippen LogP contribution >= 0.6 is 11.3 Å². The summed E-state index contributed by atoms with van der Waals surface area (Å²) in [5.41, 5.74) is 1.72. The smallest absolute Gasteiger partial charge is 0.257 e. The summed E-state index contributed by atoms with van der Waals surface area (Å²) in [7, 11) is 0. The van der Waals surface area contributed by atoms with Gasteiger partial charge in [0.2, 0.25) is 5.91 Å². The number of anilines is 1. The molecule has 2 aliphatic heterocycles.